The van der Waals surface area contributed by atoms with Crippen LogP contribution in [0.15, 0.2) is 30.9 Å². The molecule has 0 saturated carbocycles. The van der Waals surface area contributed by atoms with Crippen LogP contribution in [-0.2, 0) is 19.5 Å². The van der Waals surface area contributed by atoms with Crippen LogP contribution < -0.4 is 4.90 Å². The highest BCUT2D eigenvalue weighted by Gasteiger charge is 2.27. The summed E-state index contributed by atoms with van der Waals surface area (Å²) in [6, 6.07) is 4.88. The second-order valence-electron chi connectivity index (χ2n) is 7.94. The highest BCUT2D eigenvalue weighted by Crippen LogP contribution is 2.27. The molecule has 0 bridgehead atoms. The van der Waals surface area contributed by atoms with Gasteiger partial charge < -0.3 is 4.90 Å². The minimum Gasteiger partial charge on any atom is -0.354 e. The molecule has 0 aliphatic carbocycles. The Morgan fingerprint density at radius 2 is 1.86 bits per heavy atom. The monoisotopic (exact) mass is 380 g/mol. The number of fused-ring (bicyclic) bond motifs is 1. The van der Waals surface area contributed by atoms with Crippen molar-refractivity contribution in [3.63, 3.8) is 0 Å². The van der Waals surface area contributed by atoms with Gasteiger partial charge in [-0.15, -0.1) is 0 Å². The van der Waals surface area contributed by atoms with E-state index in [2.05, 4.69) is 44.6 Å². The lowest BCUT2D eigenvalue weighted by Gasteiger charge is -2.40. The summed E-state index contributed by atoms with van der Waals surface area (Å²) in [5.41, 5.74) is 3.82. The fourth-order valence-electron chi connectivity index (χ4n) is 4.65. The van der Waals surface area contributed by atoms with Gasteiger partial charge in [0.1, 0.15) is 12.1 Å². The van der Waals surface area contributed by atoms with Crippen LogP contribution in [0, 0.1) is 0 Å². The number of aromatic nitrogens is 3. The number of anilines is 1. The zero-order valence-corrected chi connectivity index (χ0v) is 17.2. The van der Waals surface area contributed by atoms with Gasteiger partial charge in [0.15, 0.2) is 0 Å². The Kier molecular flexibility index (Phi) is 6.17. The standard InChI is InChI=1S/C22H32N6/c1-3-19(4-2)27-10-12-28(13-11-27)22-20-7-9-26(16-21(20)24-17-25-22)15-18-6-5-8-23-14-18/h5-6,8,14,17,19H,3-4,7,9-13,15-16H2,1-2H3. The molecular formula is C22H32N6. The molecule has 0 atom stereocenters. The number of hydrogen-bond donors (Lipinski definition) is 0. The molecule has 28 heavy (non-hydrogen) atoms. The SMILES string of the molecule is CCC(CC)N1CCN(c2ncnc3c2CCN(Cc2cccnc2)C3)CC1. The van der Waals surface area contributed by atoms with E-state index >= 15 is 0 Å². The summed E-state index contributed by atoms with van der Waals surface area (Å²) in [7, 11) is 0. The Morgan fingerprint density at radius 1 is 1.04 bits per heavy atom. The van der Waals surface area contributed by atoms with Crippen LogP contribution in [0.4, 0.5) is 5.82 Å². The second-order valence-corrected chi connectivity index (χ2v) is 7.94. The van der Waals surface area contributed by atoms with Gasteiger partial charge in [0.25, 0.3) is 0 Å². The minimum absolute atomic E-state index is 0.725. The van der Waals surface area contributed by atoms with Crippen LogP contribution in [0.2, 0.25) is 0 Å². The first-order chi connectivity index (χ1) is 13.8. The fourth-order valence-corrected chi connectivity index (χ4v) is 4.65. The number of nitrogens with zero attached hydrogens (tertiary/aromatic N) is 6. The van der Waals surface area contributed by atoms with Gasteiger partial charge in [0.05, 0.1) is 5.69 Å². The first kappa shape index (κ1) is 19.3. The average Bonchev–Trinajstić information content (AvgIpc) is 2.75. The van der Waals surface area contributed by atoms with Gasteiger partial charge in [0.2, 0.25) is 0 Å². The Labute approximate surface area is 168 Å². The Bertz CT molecular complexity index is 753. The van der Waals surface area contributed by atoms with Gasteiger partial charge in [0, 0.05) is 69.8 Å². The predicted molar refractivity (Wildman–Crippen MR) is 112 cm³/mol. The van der Waals surface area contributed by atoms with E-state index in [9.17, 15) is 0 Å². The number of rotatable bonds is 6. The van der Waals surface area contributed by atoms with Crippen LogP contribution in [0.25, 0.3) is 0 Å². The summed E-state index contributed by atoms with van der Waals surface area (Å²) < 4.78 is 0. The minimum atomic E-state index is 0.725. The van der Waals surface area contributed by atoms with Crippen molar-refractivity contribution in [1.82, 2.24) is 24.8 Å². The second kappa shape index (κ2) is 8.97. The van der Waals surface area contributed by atoms with Crippen molar-refractivity contribution in [1.29, 1.82) is 0 Å². The maximum absolute atomic E-state index is 4.70. The highest BCUT2D eigenvalue weighted by atomic mass is 15.3. The predicted octanol–water partition coefficient (Wildman–Crippen LogP) is 2.74. The quantitative estimate of drug-likeness (QED) is 0.768. The van der Waals surface area contributed by atoms with E-state index in [1.165, 1.54) is 35.5 Å². The number of piperazine rings is 1. The molecule has 4 heterocycles. The summed E-state index contributed by atoms with van der Waals surface area (Å²) in [5, 5.41) is 0. The Balaban J connectivity index is 1.42. The molecule has 0 aromatic carbocycles. The number of pyridine rings is 1. The normalized spacial score (nSPS) is 18.5. The van der Waals surface area contributed by atoms with E-state index in [1.807, 2.05) is 18.5 Å². The first-order valence-electron chi connectivity index (χ1n) is 10.7. The van der Waals surface area contributed by atoms with Gasteiger partial charge in [-0.1, -0.05) is 19.9 Å². The summed E-state index contributed by atoms with van der Waals surface area (Å²) in [6.45, 7) is 11.9. The van der Waals surface area contributed by atoms with E-state index < -0.39 is 0 Å². The van der Waals surface area contributed by atoms with Crippen molar-refractivity contribution in [3.8, 4) is 0 Å². The average molecular weight is 381 g/mol. The molecule has 2 aliphatic rings. The van der Waals surface area contributed by atoms with Crippen LogP contribution in [0.1, 0.15) is 43.5 Å². The van der Waals surface area contributed by atoms with Gasteiger partial charge in [-0.3, -0.25) is 14.8 Å². The van der Waals surface area contributed by atoms with Crippen molar-refractivity contribution in [2.45, 2.75) is 52.2 Å². The zero-order valence-electron chi connectivity index (χ0n) is 17.2. The van der Waals surface area contributed by atoms with E-state index in [0.29, 0.717) is 0 Å². The molecular weight excluding hydrogens is 348 g/mol. The molecule has 0 unspecified atom stereocenters. The molecule has 0 radical (unpaired) electrons. The summed E-state index contributed by atoms with van der Waals surface area (Å²) in [4.78, 5) is 21.2. The van der Waals surface area contributed by atoms with Crippen molar-refractivity contribution in [2.24, 2.45) is 0 Å². The van der Waals surface area contributed by atoms with Crippen molar-refractivity contribution in [2.75, 3.05) is 37.6 Å². The van der Waals surface area contributed by atoms with E-state index in [4.69, 9.17) is 4.98 Å². The van der Waals surface area contributed by atoms with Crippen molar-refractivity contribution in [3.05, 3.63) is 47.7 Å². The molecule has 0 spiro atoms. The molecule has 2 aromatic heterocycles. The fraction of sp³-hybridized carbons (Fsp3) is 0.591. The van der Waals surface area contributed by atoms with Crippen LogP contribution in [-0.4, -0.2) is 63.5 Å². The molecule has 6 nitrogen and oxygen atoms in total. The third kappa shape index (κ3) is 4.18. The number of hydrogen-bond acceptors (Lipinski definition) is 6. The van der Waals surface area contributed by atoms with E-state index in [-0.39, 0.29) is 0 Å². The molecule has 4 rings (SSSR count). The van der Waals surface area contributed by atoms with E-state index in [0.717, 1.165) is 58.3 Å². The summed E-state index contributed by atoms with van der Waals surface area (Å²) in [6.07, 6.45) is 9.06. The first-order valence-corrected chi connectivity index (χ1v) is 10.7. The molecule has 150 valence electrons. The lowest BCUT2D eigenvalue weighted by Crippen LogP contribution is -2.50. The highest BCUT2D eigenvalue weighted by molar-refractivity contribution is 5.50. The van der Waals surface area contributed by atoms with Crippen molar-refractivity contribution < 1.29 is 0 Å². The van der Waals surface area contributed by atoms with Gasteiger partial charge in [-0.25, -0.2) is 9.97 Å². The molecule has 6 heteroatoms. The largest absolute Gasteiger partial charge is 0.354 e. The Hall–Kier alpha value is -2.05. The molecule has 2 aliphatic heterocycles. The topological polar surface area (TPSA) is 48.4 Å². The third-order valence-electron chi connectivity index (χ3n) is 6.26. The van der Waals surface area contributed by atoms with E-state index in [1.54, 1.807) is 6.33 Å². The molecule has 0 N–H and O–H groups in total. The lowest BCUT2D eigenvalue weighted by molar-refractivity contribution is 0.175. The van der Waals surface area contributed by atoms with Crippen LogP contribution in [0.5, 0.6) is 0 Å². The molecule has 2 aromatic rings. The molecule has 0 amide bonds. The maximum Gasteiger partial charge on any atom is 0.135 e. The van der Waals surface area contributed by atoms with Gasteiger partial charge >= 0.3 is 0 Å². The summed E-state index contributed by atoms with van der Waals surface area (Å²) >= 11 is 0. The smallest absolute Gasteiger partial charge is 0.135 e. The van der Waals surface area contributed by atoms with Gasteiger partial charge in [-0.2, -0.15) is 0 Å². The maximum atomic E-state index is 4.70. The summed E-state index contributed by atoms with van der Waals surface area (Å²) in [5.74, 6) is 1.18. The van der Waals surface area contributed by atoms with Gasteiger partial charge in [-0.05, 0) is 30.9 Å². The van der Waals surface area contributed by atoms with Crippen molar-refractivity contribution >= 4 is 5.82 Å². The zero-order chi connectivity index (χ0) is 19.3. The molecule has 1 fully saturated rings. The lowest BCUT2D eigenvalue weighted by atomic mass is 10.0. The van der Waals surface area contributed by atoms with Crippen LogP contribution >= 0.6 is 0 Å². The van der Waals surface area contributed by atoms with Crippen LogP contribution in [0.3, 0.4) is 0 Å². The third-order valence-corrected chi connectivity index (χ3v) is 6.26. The Morgan fingerprint density at radius 3 is 2.57 bits per heavy atom. The molecule has 1 saturated heterocycles.